The molecule has 0 atom stereocenters. The third kappa shape index (κ3) is 5.35. The summed E-state index contributed by atoms with van der Waals surface area (Å²) in [6.07, 6.45) is 1.21. The lowest BCUT2D eigenvalue weighted by atomic mass is 10.1. The standard InChI is InChI=1S/C23H32N6O3/c1-4-30-22(31-5-2)16-32-20-9-7-6-8-19(20)15-27-10-12-28(13-11-27)21-14-18(3)26-23-24-17-25-29(21)23/h6-9,14,17,22H,4-5,10-13,15-16H2,1-3H3. The third-order valence-electron chi connectivity index (χ3n) is 5.50. The fraction of sp³-hybridized carbons (Fsp3) is 0.522. The molecule has 1 aromatic carbocycles. The van der Waals surface area contributed by atoms with Crippen molar-refractivity contribution in [2.45, 2.75) is 33.6 Å². The van der Waals surface area contributed by atoms with Crippen molar-refractivity contribution >= 4 is 11.6 Å². The first-order chi connectivity index (χ1) is 15.7. The fourth-order valence-electron chi connectivity index (χ4n) is 3.96. The molecule has 0 radical (unpaired) electrons. The van der Waals surface area contributed by atoms with E-state index in [1.165, 1.54) is 5.56 Å². The summed E-state index contributed by atoms with van der Waals surface area (Å²) >= 11 is 0. The second-order valence-corrected chi connectivity index (χ2v) is 7.75. The van der Waals surface area contributed by atoms with E-state index in [9.17, 15) is 0 Å². The first-order valence-electron chi connectivity index (χ1n) is 11.3. The van der Waals surface area contributed by atoms with Crippen LogP contribution >= 0.6 is 0 Å². The molecule has 9 nitrogen and oxygen atoms in total. The number of fused-ring (bicyclic) bond motifs is 1. The molecule has 9 heteroatoms. The van der Waals surface area contributed by atoms with Crippen LogP contribution in [0.3, 0.4) is 0 Å². The van der Waals surface area contributed by atoms with Crippen LogP contribution in [0.1, 0.15) is 25.1 Å². The molecule has 3 aromatic rings. The van der Waals surface area contributed by atoms with Gasteiger partial charge in [-0.2, -0.15) is 14.6 Å². The molecule has 172 valence electrons. The van der Waals surface area contributed by atoms with Gasteiger partial charge in [-0.1, -0.05) is 18.2 Å². The van der Waals surface area contributed by atoms with Crippen molar-refractivity contribution in [3.05, 3.63) is 47.9 Å². The van der Waals surface area contributed by atoms with E-state index < -0.39 is 0 Å². The lowest BCUT2D eigenvalue weighted by molar-refractivity contribution is -0.152. The minimum Gasteiger partial charge on any atom is -0.488 e. The van der Waals surface area contributed by atoms with Crippen LogP contribution in [0.4, 0.5) is 5.82 Å². The molecular formula is C23H32N6O3. The van der Waals surface area contributed by atoms with Gasteiger partial charge in [0.2, 0.25) is 0 Å². The highest BCUT2D eigenvalue weighted by Crippen LogP contribution is 2.23. The van der Waals surface area contributed by atoms with E-state index in [-0.39, 0.29) is 6.29 Å². The van der Waals surface area contributed by atoms with Gasteiger partial charge in [0.05, 0.1) is 0 Å². The molecule has 2 aromatic heterocycles. The Bertz CT molecular complexity index is 996. The topological polar surface area (TPSA) is 77.3 Å². The molecule has 3 heterocycles. The molecule has 0 spiro atoms. The largest absolute Gasteiger partial charge is 0.488 e. The summed E-state index contributed by atoms with van der Waals surface area (Å²) in [5, 5.41) is 4.35. The molecule has 1 aliphatic heterocycles. The molecule has 0 N–H and O–H groups in total. The second-order valence-electron chi connectivity index (χ2n) is 7.75. The molecule has 1 saturated heterocycles. The van der Waals surface area contributed by atoms with Gasteiger partial charge in [0.1, 0.15) is 24.5 Å². The maximum Gasteiger partial charge on any atom is 0.254 e. The summed E-state index contributed by atoms with van der Waals surface area (Å²) in [5.41, 5.74) is 2.12. The van der Waals surface area contributed by atoms with Crippen LogP contribution in [0.5, 0.6) is 5.75 Å². The normalized spacial score (nSPS) is 15.1. The second kappa shape index (κ2) is 10.7. The summed E-state index contributed by atoms with van der Waals surface area (Å²) in [6, 6.07) is 10.3. The number of hydrogen-bond acceptors (Lipinski definition) is 8. The highest BCUT2D eigenvalue weighted by atomic mass is 16.7. The fourth-order valence-corrected chi connectivity index (χ4v) is 3.96. The van der Waals surface area contributed by atoms with Crippen LogP contribution in [-0.4, -0.2) is 76.8 Å². The van der Waals surface area contributed by atoms with Gasteiger partial charge < -0.3 is 19.1 Å². The van der Waals surface area contributed by atoms with Crippen molar-refractivity contribution in [1.29, 1.82) is 0 Å². The van der Waals surface area contributed by atoms with Crippen LogP contribution in [0.2, 0.25) is 0 Å². The highest BCUT2D eigenvalue weighted by molar-refractivity contribution is 5.47. The van der Waals surface area contributed by atoms with E-state index in [0.29, 0.717) is 25.6 Å². The zero-order chi connectivity index (χ0) is 22.3. The Balaban J connectivity index is 1.37. The number of hydrogen-bond donors (Lipinski definition) is 0. The molecule has 0 bridgehead atoms. The number of rotatable bonds is 10. The summed E-state index contributed by atoms with van der Waals surface area (Å²) in [4.78, 5) is 13.5. The van der Waals surface area contributed by atoms with Crippen LogP contribution in [0.15, 0.2) is 36.7 Å². The van der Waals surface area contributed by atoms with E-state index in [1.807, 2.05) is 37.4 Å². The van der Waals surface area contributed by atoms with Gasteiger partial charge in [-0.05, 0) is 26.8 Å². The first kappa shape index (κ1) is 22.4. The Hall–Kier alpha value is -2.75. The lowest BCUT2D eigenvalue weighted by Crippen LogP contribution is -2.46. The van der Waals surface area contributed by atoms with Gasteiger partial charge in [-0.25, -0.2) is 4.98 Å². The Labute approximate surface area is 188 Å². The van der Waals surface area contributed by atoms with E-state index in [1.54, 1.807) is 6.33 Å². The summed E-state index contributed by atoms with van der Waals surface area (Å²) in [7, 11) is 0. The number of aromatic nitrogens is 4. The zero-order valence-electron chi connectivity index (χ0n) is 19.1. The number of nitrogens with zero attached hydrogens (tertiary/aromatic N) is 6. The number of benzene rings is 1. The van der Waals surface area contributed by atoms with Gasteiger partial charge >= 0.3 is 0 Å². The molecule has 0 unspecified atom stereocenters. The number of para-hydroxylation sites is 1. The summed E-state index contributed by atoms with van der Waals surface area (Å²) in [6.45, 7) is 12.0. The minimum absolute atomic E-state index is 0.348. The maximum atomic E-state index is 6.08. The molecule has 1 fully saturated rings. The lowest BCUT2D eigenvalue weighted by Gasteiger charge is -2.36. The van der Waals surface area contributed by atoms with Crippen LogP contribution in [0.25, 0.3) is 5.78 Å². The Kier molecular flexibility index (Phi) is 7.51. The van der Waals surface area contributed by atoms with Crippen LogP contribution in [-0.2, 0) is 16.0 Å². The summed E-state index contributed by atoms with van der Waals surface area (Å²) in [5.74, 6) is 2.57. The van der Waals surface area contributed by atoms with Gasteiger partial charge in [-0.3, -0.25) is 4.90 Å². The van der Waals surface area contributed by atoms with Crippen molar-refractivity contribution in [2.24, 2.45) is 0 Å². The summed E-state index contributed by atoms with van der Waals surface area (Å²) < 4.78 is 19.1. The zero-order valence-corrected chi connectivity index (χ0v) is 19.1. The molecule has 0 amide bonds. The van der Waals surface area contributed by atoms with Crippen LogP contribution < -0.4 is 9.64 Å². The van der Waals surface area contributed by atoms with E-state index in [0.717, 1.165) is 50.0 Å². The van der Waals surface area contributed by atoms with Gasteiger partial charge in [0.15, 0.2) is 6.29 Å². The molecular weight excluding hydrogens is 408 g/mol. The highest BCUT2D eigenvalue weighted by Gasteiger charge is 2.21. The average molecular weight is 441 g/mol. The van der Waals surface area contributed by atoms with E-state index in [4.69, 9.17) is 14.2 Å². The monoisotopic (exact) mass is 440 g/mol. The molecule has 0 saturated carbocycles. The van der Waals surface area contributed by atoms with Crippen LogP contribution in [0, 0.1) is 6.92 Å². The molecule has 1 aliphatic rings. The molecule has 4 rings (SSSR count). The van der Waals surface area contributed by atoms with Crippen molar-refractivity contribution in [3.8, 4) is 5.75 Å². The van der Waals surface area contributed by atoms with Gasteiger partial charge in [0, 0.05) is 63.3 Å². The Morgan fingerprint density at radius 2 is 1.78 bits per heavy atom. The number of aryl methyl sites for hydroxylation is 1. The molecule has 32 heavy (non-hydrogen) atoms. The SMILES string of the molecule is CCOC(COc1ccccc1CN1CCN(c2cc(C)nc3ncnn23)CC1)OCC. The van der Waals surface area contributed by atoms with Gasteiger partial charge in [0.25, 0.3) is 5.78 Å². The van der Waals surface area contributed by atoms with Crippen molar-refractivity contribution < 1.29 is 14.2 Å². The van der Waals surface area contributed by atoms with Crippen molar-refractivity contribution in [2.75, 3.05) is 50.9 Å². The Morgan fingerprint density at radius 1 is 1.03 bits per heavy atom. The van der Waals surface area contributed by atoms with E-state index in [2.05, 4.69) is 43.1 Å². The predicted molar refractivity (Wildman–Crippen MR) is 122 cm³/mol. The van der Waals surface area contributed by atoms with Crippen molar-refractivity contribution in [1.82, 2.24) is 24.5 Å². The average Bonchev–Trinajstić information content (AvgIpc) is 3.27. The predicted octanol–water partition coefficient (Wildman–Crippen LogP) is 2.53. The third-order valence-corrected chi connectivity index (χ3v) is 5.50. The molecule has 0 aliphatic carbocycles. The smallest absolute Gasteiger partial charge is 0.254 e. The number of ether oxygens (including phenoxy) is 3. The number of anilines is 1. The van der Waals surface area contributed by atoms with Crippen molar-refractivity contribution in [3.63, 3.8) is 0 Å². The first-order valence-corrected chi connectivity index (χ1v) is 11.3. The van der Waals surface area contributed by atoms with Gasteiger partial charge in [-0.15, -0.1) is 0 Å². The Morgan fingerprint density at radius 3 is 2.53 bits per heavy atom. The number of piperazine rings is 1. The minimum atomic E-state index is -0.348. The quantitative estimate of drug-likeness (QED) is 0.445. The maximum absolute atomic E-state index is 6.08. The van der Waals surface area contributed by atoms with E-state index >= 15 is 0 Å².